The van der Waals surface area contributed by atoms with Crippen molar-refractivity contribution in [2.75, 3.05) is 0 Å². The lowest BCUT2D eigenvalue weighted by Gasteiger charge is -2.17. The quantitative estimate of drug-likeness (QED) is 0.513. The van der Waals surface area contributed by atoms with Crippen LogP contribution in [0.5, 0.6) is 0 Å². The van der Waals surface area contributed by atoms with Gasteiger partial charge in [0.25, 0.3) is 5.56 Å². The molecule has 0 saturated heterocycles. The smallest absolute Gasteiger partial charge is 0.266 e. The third-order valence-electron chi connectivity index (χ3n) is 5.88. The summed E-state index contributed by atoms with van der Waals surface area (Å²) in [5.74, 6) is 1.47. The predicted molar refractivity (Wildman–Crippen MR) is 111 cm³/mol. The molecule has 1 aromatic carbocycles. The van der Waals surface area contributed by atoms with Gasteiger partial charge in [0.2, 0.25) is 0 Å². The maximum Gasteiger partial charge on any atom is 0.266 e. The summed E-state index contributed by atoms with van der Waals surface area (Å²) in [6.07, 6.45) is 5.83. The Morgan fingerprint density at radius 1 is 1.37 bits per heavy atom. The van der Waals surface area contributed by atoms with E-state index in [1.807, 2.05) is 6.92 Å². The minimum atomic E-state index is -0.209. The summed E-state index contributed by atoms with van der Waals surface area (Å²) >= 11 is 0. The molecule has 0 radical (unpaired) electrons. The average Bonchev–Trinajstić information content (AvgIpc) is 3.41. The van der Waals surface area contributed by atoms with Crippen molar-refractivity contribution in [3.8, 4) is 0 Å². The van der Waals surface area contributed by atoms with Gasteiger partial charge in [-0.1, -0.05) is 50.3 Å². The molecule has 4 nitrogen and oxygen atoms in total. The largest absolute Gasteiger partial charge is 0.326 e. The van der Waals surface area contributed by atoms with Crippen molar-refractivity contribution in [2.24, 2.45) is 11.8 Å². The molecule has 3 rings (SSSR count). The molecule has 4 unspecified atom stereocenters. The number of nitrogens with zero attached hydrogens (tertiary/aromatic N) is 1. The van der Waals surface area contributed by atoms with Crippen molar-refractivity contribution < 1.29 is 0 Å². The highest BCUT2D eigenvalue weighted by Crippen LogP contribution is 2.49. The topological polar surface area (TPSA) is 69.6 Å². The van der Waals surface area contributed by atoms with E-state index >= 15 is 0 Å². The van der Waals surface area contributed by atoms with Gasteiger partial charge in [0.15, 0.2) is 0 Å². The predicted octanol–water partition coefficient (Wildman–Crippen LogP) is 4.98. The first-order valence-corrected chi connectivity index (χ1v) is 9.72. The number of nitrogens with one attached hydrogen (secondary N) is 2. The Balaban J connectivity index is 1.52. The van der Waals surface area contributed by atoms with Gasteiger partial charge >= 0.3 is 0 Å². The van der Waals surface area contributed by atoms with Crippen LogP contribution in [-0.2, 0) is 0 Å². The number of benzene rings is 1. The first kappa shape index (κ1) is 19.3. The molecule has 1 saturated carbocycles. The van der Waals surface area contributed by atoms with Crippen LogP contribution < -0.4 is 5.56 Å². The zero-order valence-electron chi connectivity index (χ0n) is 16.5. The summed E-state index contributed by atoms with van der Waals surface area (Å²) in [6.45, 7) is 10.8. The summed E-state index contributed by atoms with van der Waals surface area (Å²) in [5, 5.41) is 8.43. The lowest BCUT2D eigenvalue weighted by atomic mass is 9.89. The van der Waals surface area contributed by atoms with E-state index in [4.69, 9.17) is 5.41 Å². The number of allylic oxidation sites excluding steroid dienone is 1. The molecular weight excluding hydrogens is 334 g/mol. The molecule has 1 aliphatic carbocycles. The number of aromatic amines is 1. The molecule has 27 heavy (non-hydrogen) atoms. The normalized spacial score (nSPS) is 20.7. The van der Waals surface area contributed by atoms with E-state index in [-0.39, 0.29) is 11.5 Å². The van der Waals surface area contributed by atoms with Crippen LogP contribution >= 0.6 is 0 Å². The number of rotatable bonds is 8. The minimum Gasteiger partial charge on any atom is -0.326 e. The first-order chi connectivity index (χ1) is 12.9. The van der Waals surface area contributed by atoms with E-state index < -0.39 is 0 Å². The molecule has 1 heterocycles. The van der Waals surface area contributed by atoms with Crippen LogP contribution in [0.25, 0.3) is 0 Å². The van der Waals surface area contributed by atoms with Crippen LogP contribution in [0.1, 0.15) is 61.8 Å². The Bertz CT molecular complexity index is 878. The van der Waals surface area contributed by atoms with Crippen LogP contribution in [0.3, 0.4) is 0 Å². The Morgan fingerprint density at radius 2 is 2.11 bits per heavy atom. The van der Waals surface area contributed by atoms with Gasteiger partial charge in [-0.25, -0.2) is 0 Å². The second-order valence-electron chi connectivity index (χ2n) is 8.01. The second-order valence-corrected chi connectivity index (χ2v) is 8.01. The van der Waals surface area contributed by atoms with Crippen molar-refractivity contribution in [1.82, 2.24) is 9.97 Å². The zero-order chi connectivity index (χ0) is 19.6. The van der Waals surface area contributed by atoms with Crippen molar-refractivity contribution in [2.45, 2.75) is 51.9 Å². The Morgan fingerprint density at radius 3 is 2.78 bits per heavy atom. The van der Waals surface area contributed by atoms with E-state index in [1.165, 1.54) is 22.9 Å². The Kier molecular flexibility index (Phi) is 5.73. The summed E-state index contributed by atoms with van der Waals surface area (Å²) < 4.78 is 0. The highest BCUT2D eigenvalue weighted by atomic mass is 16.1. The number of aryl methyl sites for hydroxylation is 1. The molecule has 2 N–H and O–H groups in total. The van der Waals surface area contributed by atoms with Gasteiger partial charge in [-0.3, -0.25) is 9.78 Å². The molecule has 4 heteroatoms. The number of hydrogen-bond acceptors (Lipinski definition) is 3. The van der Waals surface area contributed by atoms with E-state index in [1.54, 1.807) is 6.20 Å². The van der Waals surface area contributed by atoms with Crippen LogP contribution in [0.4, 0.5) is 0 Å². The third kappa shape index (κ3) is 4.62. The van der Waals surface area contributed by atoms with Crippen LogP contribution in [0.2, 0.25) is 0 Å². The van der Waals surface area contributed by atoms with Crippen LogP contribution in [-0.4, -0.2) is 15.7 Å². The van der Waals surface area contributed by atoms with Gasteiger partial charge in [-0.05, 0) is 55.1 Å². The van der Waals surface area contributed by atoms with Gasteiger partial charge in [0.1, 0.15) is 0 Å². The average molecular weight is 364 g/mol. The highest BCUT2D eigenvalue weighted by molar-refractivity contribution is 5.87. The SMILES string of the molecule is C=C(CC(C)c1ccccc1C)C1CC1CC(=N)C(C)c1c[nH]c(=O)cn1. The Labute approximate surface area is 161 Å². The number of hydrogen-bond donors (Lipinski definition) is 2. The number of H-pyrrole nitrogens is 1. The monoisotopic (exact) mass is 363 g/mol. The Hall–Kier alpha value is -2.49. The van der Waals surface area contributed by atoms with Gasteiger partial charge in [-0.15, -0.1) is 0 Å². The summed E-state index contributed by atoms with van der Waals surface area (Å²) in [6, 6.07) is 8.57. The first-order valence-electron chi connectivity index (χ1n) is 9.72. The highest BCUT2D eigenvalue weighted by Gasteiger charge is 2.40. The van der Waals surface area contributed by atoms with E-state index in [9.17, 15) is 4.79 Å². The molecule has 0 aliphatic heterocycles. The van der Waals surface area contributed by atoms with Crippen molar-refractivity contribution >= 4 is 5.71 Å². The summed E-state index contributed by atoms with van der Waals surface area (Å²) in [7, 11) is 0. The molecule has 1 fully saturated rings. The molecule has 0 bridgehead atoms. The maximum absolute atomic E-state index is 11.1. The second kappa shape index (κ2) is 8.03. The molecule has 2 aromatic rings. The van der Waals surface area contributed by atoms with Crippen molar-refractivity contribution in [1.29, 1.82) is 5.41 Å². The van der Waals surface area contributed by atoms with E-state index in [0.29, 0.717) is 23.5 Å². The van der Waals surface area contributed by atoms with E-state index in [0.717, 1.165) is 25.0 Å². The standard InChI is InChI=1S/C23H29N3O/c1-14-7-5-6-8-19(14)15(2)9-16(3)20-10-18(20)11-21(24)17(4)22-12-26-23(27)13-25-22/h5-8,12-13,15,17-18,20,24H,3,9-11H2,1-2,4H3,(H,26,27). The minimum absolute atomic E-state index is 0.0674. The van der Waals surface area contributed by atoms with Crippen molar-refractivity contribution in [3.05, 3.63) is 76.0 Å². The fraction of sp³-hybridized carbons (Fsp3) is 0.435. The molecular formula is C23H29N3O. The lowest BCUT2D eigenvalue weighted by Crippen LogP contribution is -2.14. The molecule has 4 atom stereocenters. The van der Waals surface area contributed by atoms with Crippen LogP contribution in [0.15, 0.2) is 53.6 Å². The van der Waals surface area contributed by atoms with Gasteiger partial charge in [0.05, 0.1) is 11.9 Å². The maximum atomic E-state index is 11.1. The molecule has 142 valence electrons. The van der Waals surface area contributed by atoms with Crippen molar-refractivity contribution in [3.63, 3.8) is 0 Å². The fourth-order valence-corrected chi connectivity index (χ4v) is 3.99. The van der Waals surface area contributed by atoms with Crippen LogP contribution in [0, 0.1) is 24.2 Å². The lowest BCUT2D eigenvalue weighted by molar-refractivity contribution is 0.683. The summed E-state index contributed by atoms with van der Waals surface area (Å²) in [4.78, 5) is 18.0. The number of aromatic nitrogens is 2. The molecule has 0 amide bonds. The van der Waals surface area contributed by atoms with E-state index in [2.05, 4.69) is 54.7 Å². The molecule has 0 spiro atoms. The summed E-state index contributed by atoms with van der Waals surface area (Å²) in [5.41, 5.74) is 5.29. The zero-order valence-corrected chi connectivity index (χ0v) is 16.5. The fourth-order valence-electron chi connectivity index (χ4n) is 3.99. The van der Waals surface area contributed by atoms with Gasteiger partial charge in [-0.2, -0.15) is 0 Å². The molecule has 1 aliphatic rings. The van der Waals surface area contributed by atoms with Gasteiger partial charge < -0.3 is 10.4 Å². The van der Waals surface area contributed by atoms with Gasteiger partial charge in [0, 0.05) is 17.8 Å². The third-order valence-corrected chi connectivity index (χ3v) is 5.88. The molecule has 1 aromatic heterocycles.